The molecule has 0 unspecified atom stereocenters. The highest BCUT2D eigenvalue weighted by molar-refractivity contribution is 5.80. The molecule has 2 saturated heterocycles. The zero-order valence-corrected chi connectivity index (χ0v) is 15.8. The first kappa shape index (κ1) is 18.0. The van der Waals surface area contributed by atoms with Gasteiger partial charge in [0.1, 0.15) is 5.76 Å². The van der Waals surface area contributed by atoms with Crippen molar-refractivity contribution in [3.05, 3.63) is 17.0 Å². The van der Waals surface area contributed by atoms with Gasteiger partial charge < -0.3 is 14.3 Å². The fourth-order valence-corrected chi connectivity index (χ4v) is 4.19. The second-order valence-electron chi connectivity index (χ2n) is 7.99. The number of amides is 2. The van der Waals surface area contributed by atoms with E-state index in [-0.39, 0.29) is 17.4 Å². The molecule has 0 N–H and O–H groups in total. The summed E-state index contributed by atoms with van der Waals surface area (Å²) in [6, 6.07) is 0. The lowest BCUT2D eigenvalue weighted by Crippen LogP contribution is -2.54. The van der Waals surface area contributed by atoms with Gasteiger partial charge in [0.25, 0.3) is 0 Å². The van der Waals surface area contributed by atoms with Crippen molar-refractivity contribution in [1.29, 1.82) is 0 Å². The first-order valence-corrected chi connectivity index (χ1v) is 9.32. The maximum atomic E-state index is 12.6. The molecule has 2 aliphatic rings. The number of carbonyl (C=O) groups excluding carboxylic acids is 2. The second kappa shape index (κ2) is 6.81. The minimum absolute atomic E-state index is 0.109. The van der Waals surface area contributed by atoms with Gasteiger partial charge in [-0.05, 0) is 39.0 Å². The van der Waals surface area contributed by atoms with Crippen molar-refractivity contribution in [2.75, 3.05) is 13.1 Å². The van der Waals surface area contributed by atoms with Crippen LogP contribution in [0.1, 0.15) is 63.0 Å². The van der Waals surface area contributed by atoms with Crippen LogP contribution in [-0.4, -0.2) is 45.4 Å². The highest BCUT2D eigenvalue weighted by Gasteiger charge is 2.47. The molecule has 3 heterocycles. The van der Waals surface area contributed by atoms with E-state index in [4.69, 9.17) is 4.52 Å². The first-order valence-electron chi connectivity index (χ1n) is 9.32. The van der Waals surface area contributed by atoms with Crippen LogP contribution in [-0.2, 0) is 16.1 Å². The summed E-state index contributed by atoms with van der Waals surface area (Å²) in [5.41, 5.74) is 1.77. The molecule has 0 saturated carbocycles. The van der Waals surface area contributed by atoms with Gasteiger partial charge in [0, 0.05) is 37.0 Å². The Morgan fingerprint density at radius 1 is 1.24 bits per heavy atom. The molecule has 0 aromatic carbocycles. The molecule has 0 aliphatic carbocycles. The number of aromatic nitrogens is 1. The standard InChI is InChI=1S/C19H29N3O3/c1-13(2)11-18(24)21-9-7-19(8-10-21)6-5-17(23)22(19)12-16-14(3)20-25-15(16)4/h13H,5-12H2,1-4H3. The quantitative estimate of drug-likeness (QED) is 0.840. The van der Waals surface area contributed by atoms with E-state index in [1.807, 2.05) is 23.6 Å². The van der Waals surface area contributed by atoms with Crippen LogP contribution in [0.3, 0.4) is 0 Å². The van der Waals surface area contributed by atoms with E-state index in [1.165, 1.54) is 0 Å². The fraction of sp³-hybridized carbons (Fsp3) is 0.737. The average molecular weight is 347 g/mol. The number of hydrogen-bond donors (Lipinski definition) is 0. The summed E-state index contributed by atoms with van der Waals surface area (Å²) >= 11 is 0. The number of piperidine rings is 1. The zero-order chi connectivity index (χ0) is 18.2. The molecule has 2 amide bonds. The number of aryl methyl sites for hydroxylation is 2. The fourth-order valence-electron chi connectivity index (χ4n) is 4.19. The van der Waals surface area contributed by atoms with E-state index in [1.54, 1.807) is 0 Å². The summed E-state index contributed by atoms with van der Waals surface area (Å²) in [5, 5.41) is 4.01. The van der Waals surface area contributed by atoms with Crippen LogP contribution < -0.4 is 0 Å². The Bertz CT molecular complexity index is 637. The Kier molecular flexibility index (Phi) is 4.89. The number of carbonyl (C=O) groups is 2. The number of rotatable bonds is 4. The van der Waals surface area contributed by atoms with E-state index >= 15 is 0 Å². The van der Waals surface area contributed by atoms with E-state index in [0.29, 0.717) is 25.3 Å². The SMILES string of the molecule is Cc1noc(C)c1CN1C(=O)CCC12CCN(C(=O)CC(C)C)CC2. The number of likely N-dealkylation sites (tertiary alicyclic amines) is 2. The Morgan fingerprint density at radius 3 is 2.48 bits per heavy atom. The maximum absolute atomic E-state index is 12.6. The summed E-state index contributed by atoms with van der Waals surface area (Å²) in [4.78, 5) is 28.9. The van der Waals surface area contributed by atoms with Crippen LogP contribution in [0.4, 0.5) is 0 Å². The molecule has 6 nitrogen and oxygen atoms in total. The number of hydrogen-bond acceptors (Lipinski definition) is 4. The molecular weight excluding hydrogens is 318 g/mol. The molecule has 1 spiro atoms. The van der Waals surface area contributed by atoms with Crippen molar-refractivity contribution in [3.8, 4) is 0 Å². The molecule has 1 aromatic heterocycles. The van der Waals surface area contributed by atoms with Gasteiger partial charge in [-0.1, -0.05) is 19.0 Å². The van der Waals surface area contributed by atoms with Gasteiger partial charge in [0.15, 0.2) is 0 Å². The predicted molar refractivity (Wildman–Crippen MR) is 93.8 cm³/mol. The third-order valence-corrected chi connectivity index (χ3v) is 5.81. The molecule has 0 bridgehead atoms. The van der Waals surface area contributed by atoms with Crippen LogP contribution >= 0.6 is 0 Å². The maximum Gasteiger partial charge on any atom is 0.223 e. The van der Waals surface area contributed by atoms with Crippen LogP contribution in [0.15, 0.2) is 4.52 Å². The summed E-state index contributed by atoms with van der Waals surface area (Å²) in [6.45, 7) is 10.0. The molecular formula is C19H29N3O3. The van der Waals surface area contributed by atoms with E-state index in [0.717, 1.165) is 49.4 Å². The largest absolute Gasteiger partial charge is 0.361 e. The van der Waals surface area contributed by atoms with Gasteiger partial charge in [-0.25, -0.2) is 0 Å². The Morgan fingerprint density at radius 2 is 1.92 bits per heavy atom. The Balaban J connectivity index is 1.71. The monoisotopic (exact) mass is 347 g/mol. The van der Waals surface area contributed by atoms with Gasteiger partial charge in [-0.15, -0.1) is 0 Å². The predicted octanol–water partition coefficient (Wildman–Crippen LogP) is 2.82. The number of nitrogens with zero attached hydrogens (tertiary/aromatic N) is 3. The van der Waals surface area contributed by atoms with Crippen molar-refractivity contribution in [3.63, 3.8) is 0 Å². The van der Waals surface area contributed by atoms with E-state index in [2.05, 4.69) is 19.0 Å². The zero-order valence-electron chi connectivity index (χ0n) is 15.8. The molecule has 0 atom stereocenters. The van der Waals surface area contributed by atoms with Crippen LogP contribution in [0.5, 0.6) is 0 Å². The molecule has 0 radical (unpaired) electrons. The normalized spacial score (nSPS) is 20.1. The molecule has 3 rings (SSSR count). The molecule has 1 aromatic rings. The summed E-state index contributed by atoms with van der Waals surface area (Å²) in [7, 11) is 0. The minimum Gasteiger partial charge on any atom is -0.361 e. The Labute approximate surface area is 149 Å². The van der Waals surface area contributed by atoms with Crippen LogP contribution in [0.2, 0.25) is 0 Å². The summed E-state index contributed by atoms with van der Waals surface area (Å²) < 4.78 is 5.26. The lowest BCUT2D eigenvalue weighted by Gasteiger charge is -2.45. The topological polar surface area (TPSA) is 66.7 Å². The van der Waals surface area contributed by atoms with Gasteiger partial charge in [-0.2, -0.15) is 0 Å². The summed E-state index contributed by atoms with van der Waals surface area (Å²) in [5.74, 6) is 1.62. The van der Waals surface area contributed by atoms with Crippen molar-refractivity contribution >= 4 is 11.8 Å². The molecule has 138 valence electrons. The molecule has 2 fully saturated rings. The minimum atomic E-state index is -0.109. The molecule has 6 heteroatoms. The van der Waals surface area contributed by atoms with Crippen molar-refractivity contribution in [1.82, 2.24) is 15.0 Å². The van der Waals surface area contributed by atoms with Gasteiger partial charge in [-0.3, -0.25) is 9.59 Å². The molecule has 2 aliphatic heterocycles. The summed E-state index contributed by atoms with van der Waals surface area (Å²) in [6.07, 6.45) is 3.83. The second-order valence-corrected chi connectivity index (χ2v) is 7.99. The average Bonchev–Trinajstić information content (AvgIpc) is 3.03. The lowest BCUT2D eigenvalue weighted by molar-refractivity contribution is -0.137. The van der Waals surface area contributed by atoms with Gasteiger partial charge in [0.05, 0.1) is 12.2 Å². The molecule has 25 heavy (non-hydrogen) atoms. The van der Waals surface area contributed by atoms with Crippen molar-refractivity contribution < 1.29 is 14.1 Å². The highest BCUT2D eigenvalue weighted by atomic mass is 16.5. The lowest BCUT2D eigenvalue weighted by atomic mass is 9.84. The van der Waals surface area contributed by atoms with E-state index in [9.17, 15) is 9.59 Å². The van der Waals surface area contributed by atoms with Crippen molar-refractivity contribution in [2.24, 2.45) is 5.92 Å². The third-order valence-electron chi connectivity index (χ3n) is 5.81. The van der Waals surface area contributed by atoms with Crippen LogP contribution in [0, 0.1) is 19.8 Å². The van der Waals surface area contributed by atoms with E-state index < -0.39 is 0 Å². The van der Waals surface area contributed by atoms with Gasteiger partial charge >= 0.3 is 0 Å². The first-order chi connectivity index (χ1) is 11.8. The smallest absolute Gasteiger partial charge is 0.223 e. The van der Waals surface area contributed by atoms with Gasteiger partial charge in [0.2, 0.25) is 11.8 Å². The third kappa shape index (κ3) is 3.44. The highest BCUT2D eigenvalue weighted by Crippen LogP contribution is 2.40. The van der Waals surface area contributed by atoms with Crippen LogP contribution in [0.25, 0.3) is 0 Å². The van der Waals surface area contributed by atoms with Crippen molar-refractivity contribution in [2.45, 2.75) is 71.9 Å². The Hall–Kier alpha value is -1.85.